The topological polar surface area (TPSA) is 53.2 Å². The Morgan fingerprint density at radius 1 is 1.28 bits per heavy atom. The molecule has 1 heterocycles. The van der Waals surface area contributed by atoms with Crippen LogP contribution in [0, 0.1) is 13.8 Å². The largest absolute Gasteiger partial charge is 0.383 e. The van der Waals surface area contributed by atoms with Gasteiger partial charge < -0.3 is 15.0 Å². The van der Waals surface area contributed by atoms with E-state index in [0.29, 0.717) is 0 Å². The van der Waals surface area contributed by atoms with Crippen LogP contribution in [0.25, 0.3) is 0 Å². The minimum absolute atomic E-state index is 0.775. The molecule has 18 heavy (non-hydrogen) atoms. The summed E-state index contributed by atoms with van der Waals surface area (Å²) in [5.41, 5.74) is 3.67. The number of H-pyrrole nitrogens is 1. The van der Waals surface area contributed by atoms with E-state index in [-0.39, 0.29) is 0 Å². The van der Waals surface area contributed by atoms with Gasteiger partial charge in [0.05, 0.1) is 12.3 Å². The number of aryl methyl sites for hydroxylation is 2. The van der Waals surface area contributed by atoms with Gasteiger partial charge >= 0.3 is 0 Å². The average molecular weight is 254 g/mol. The zero-order valence-corrected chi connectivity index (χ0v) is 12.0. The Bertz CT molecular complexity index is 318. The van der Waals surface area contributed by atoms with E-state index in [4.69, 9.17) is 4.74 Å². The van der Waals surface area contributed by atoms with E-state index in [0.717, 1.165) is 44.9 Å². The number of nitrogens with zero attached hydrogens (tertiary/aromatic N) is 2. The number of likely N-dealkylation sites (N-methyl/N-ethyl adjacent to an activating group) is 1. The summed E-state index contributed by atoms with van der Waals surface area (Å²) >= 11 is 0. The standard InChI is InChI=1S/C13H26N4O/c1-11-13(12(2)16-15-11)5-8-17(3)9-6-14-7-10-18-4/h14H,5-10H2,1-4H3,(H,15,16). The molecule has 0 fully saturated rings. The number of aromatic amines is 1. The van der Waals surface area contributed by atoms with Crippen LogP contribution in [0.1, 0.15) is 17.0 Å². The number of hydrogen-bond donors (Lipinski definition) is 2. The highest BCUT2D eigenvalue weighted by molar-refractivity contribution is 5.23. The van der Waals surface area contributed by atoms with Crippen molar-refractivity contribution in [3.05, 3.63) is 17.0 Å². The molecule has 1 aromatic rings. The number of methoxy groups -OCH3 is 1. The molecule has 0 saturated heterocycles. The lowest BCUT2D eigenvalue weighted by atomic mass is 10.1. The third-order valence-electron chi connectivity index (χ3n) is 3.18. The van der Waals surface area contributed by atoms with Gasteiger partial charge in [-0.25, -0.2) is 0 Å². The third kappa shape index (κ3) is 5.16. The van der Waals surface area contributed by atoms with E-state index in [2.05, 4.69) is 41.3 Å². The van der Waals surface area contributed by atoms with Crippen molar-refractivity contribution in [2.75, 3.05) is 46.9 Å². The Labute approximate surface area is 110 Å². The van der Waals surface area contributed by atoms with Gasteiger partial charge in [-0.05, 0) is 32.9 Å². The summed E-state index contributed by atoms with van der Waals surface area (Å²) in [5.74, 6) is 0. The molecule has 1 aromatic heterocycles. The molecule has 0 radical (unpaired) electrons. The molecule has 1 rings (SSSR count). The maximum absolute atomic E-state index is 4.99. The van der Waals surface area contributed by atoms with Crippen LogP contribution < -0.4 is 5.32 Å². The van der Waals surface area contributed by atoms with Crippen molar-refractivity contribution in [1.29, 1.82) is 0 Å². The molecular weight excluding hydrogens is 228 g/mol. The fourth-order valence-corrected chi connectivity index (χ4v) is 1.93. The summed E-state index contributed by atoms with van der Waals surface area (Å²) in [6.45, 7) is 8.96. The summed E-state index contributed by atoms with van der Waals surface area (Å²) in [6.07, 6.45) is 1.06. The normalized spacial score (nSPS) is 11.4. The zero-order valence-electron chi connectivity index (χ0n) is 12.0. The average Bonchev–Trinajstić information content (AvgIpc) is 2.66. The molecule has 0 amide bonds. The van der Waals surface area contributed by atoms with Gasteiger partial charge in [0.15, 0.2) is 0 Å². The highest BCUT2D eigenvalue weighted by Crippen LogP contribution is 2.10. The Morgan fingerprint density at radius 2 is 2.06 bits per heavy atom. The van der Waals surface area contributed by atoms with Crippen LogP contribution >= 0.6 is 0 Å². The van der Waals surface area contributed by atoms with Gasteiger partial charge in [-0.3, -0.25) is 5.10 Å². The minimum atomic E-state index is 0.775. The van der Waals surface area contributed by atoms with E-state index >= 15 is 0 Å². The first kappa shape index (κ1) is 15.1. The van der Waals surface area contributed by atoms with Gasteiger partial charge in [-0.1, -0.05) is 0 Å². The van der Waals surface area contributed by atoms with Gasteiger partial charge in [-0.2, -0.15) is 5.10 Å². The summed E-state index contributed by atoms with van der Waals surface area (Å²) in [4.78, 5) is 2.34. The van der Waals surface area contributed by atoms with Crippen molar-refractivity contribution in [1.82, 2.24) is 20.4 Å². The second-order valence-electron chi connectivity index (χ2n) is 4.71. The van der Waals surface area contributed by atoms with E-state index in [1.807, 2.05) is 0 Å². The summed E-state index contributed by atoms with van der Waals surface area (Å²) in [5, 5.41) is 10.6. The smallest absolute Gasteiger partial charge is 0.0626 e. The third-order valence-corrected chi connectivity index (χ3v) is 3.18. The lowest BCUT2D eigenvalue weighted by molar-refractivity contribution is 0.198. The number of nitrogens with one attached hydrogen (secondary N) is 2. The highest BCUT2D eigenvalue weighted by atomic mass is 16.5. The monoisotopic (exact) mass is 254 g/mol. The SMILES string of the molecule is COCCNCCN(C)CCc1c(C)n[nH]c1C. The number of hydrogen-bond acceptors (Lipinski definition) is 4. The fourth-order valence-electron chi connectivity index (χ4n) is 1.93. The molecule has 5 nitrogen and oxygen atoms in total. The molecule has 5 heteroatoms. The van der Waals surface area contributed by atoms with Crippen molar-refractivity contribution < 1.29 is 4.74 Å². The van der Waals surface area contributed by atoms with Gasteiger partial charge in [0.1, 0.15) is 0 Å². The first-order chi connectivity index (χ1) is 8.65. The summed E-state index contributed by atoms with van der Waals surface area (Å²) in [6, 6.07) is 0. The quantitative estimate of drug-likeness (QED) is 0.638. The van der Waals surface area contributed by atoms with E-state index in [1.54, 1.807) is 7.11 Å². The highest BCUT2D eigenvalue weighted by Gasteiger charge is 2.07. The van der Waals surface area contributed by atoms with Crippen LogP contribution in [-0.4, -0.2) is 62.0 Å². The van der Waals surface area contributed by atoms with Crippen molar-refractivity contribution in [3.63, 3.8) is 0 Å². The zero-order chi connectivity index (χ0) is 13.4. The molecule has 0 saturated carbocycles. The number of ether oxygens (including phenoxy) is 1. The van der Waals surface area contributed by atoms with Crippen LogP contribution in [-0.2, 0) is 11.2 Å². The van der Waals surface area contributed by atoms with Gasteiger partial charge in [-0.15, -0.1) is 0 Å². The Kier molecular flexibility index (Phi) is 6.93. The van der Waals surface area contributed by atoms with E-state index in [9.17, 15) is 0 Å². The summed E-state index contributed by atoms with van der Waals surface area (Å²) < 4.78 is 4.99. The first-order valence-corrected chi connectivity index (χ1v) is 6.53. The second-order valence-corrected chi connectivity index (χ2v) is 4.71. The van der Waals surface area contributed by atoms with Crippen molar-refractivity contribution >= 4 is 0 Å². The van der Waals surface area contributed by atoms with Crippen molar-refractivity contribution in [3.8, 4) is 0 Å². The maximum Gasteiger partial charge on any atom is 0.0626 e. The second kappa shape index (κ2) is 8.24. The first-order valence-electron chi connectivity index (χ1n) is 6.53. The van der Waals surface area contributed by atoms with E-state index < -0.39 is 0 Å². The van der Waals surface area contributed by atoms with Gasteiger partial charge in [0.2, 0.25) is 0 Å². The molecule has 0 spiro atoms. The van der Waals surface area contributed by atoms with Crippen molar-refractivity contribution in [2.24, 2.45) is 0 Å². The molecular formula is C13H26N4O. The van der Waals surface area contributed by atoms with Crippen LogP contribution in [0.4, 0.5) is 0 Å². The lowest BCUT2D eigenvalue weighted by Crippen LogP contribution is -2.32. The number of aromatic nitrogens is 2. The number of rotatable bonds is 9. The molecule has 0 aliphatic carbocycles. The molecule has 0 bridgehead atoms. The lowest BCUT2D eigenvalue weighted by Gasteiger charge is -2.16. The predicted molar refractivity (Wildman–Crippen MR) is 74.0 cm³/mol. The fraction of sp³-hybridized carbons (Fsp3) is 0.769. The molecule has 0 aliphatic heterocycles. The van der Waals surface area contributed by atoms with E-state index in [1.165, 1.54) is 11.3 Å². The van der Waals surface area contributed by atoms with Crippen LogP contribution in [0.2, 0.25) is 0 Å². The predicted octanol–water partition coefficient (Wildman–Crippen LogP) is 0.737. The molecule has 0 aromatic carbocycles. The summed E-state index contributed by atoms with van der Waals surface area (Å²) in [7, 11) is 3.88. The van der Waals surface area contributed by atoms with Crippen molar-refractivity contribution in [2.45, 2.75) is 20.3 Å². The Balaban J connectivity index is 2.15. The molecule has 2 N–H and O–H groups in total. The van der Waals surface area contributed by atoms with Crippen LogP contribution in [0.5, 0.6) is 0 Å². The Morgan fingerprint density at radius 3 is 2.67 bits per heavy atom. The van der Waals surface area contributed by atoms with Crippen LogP contribution in [0.3, 0.4) is 0 Å². The minimum Gasteiger partial charge on any atom is -0.383 e. The van der Waals surface area contributed by atoms with Gasteiger partial charge in [0.25, 0.3) is 0 Å². The molecule has 104 valence electrons. The molecule has 0 aliphatic rings. The Hall–Kier alpha value is -0.910. The maximum atomic E-state index is 4.99. The molecule has 0 unspecified atom stereocenters. The van der Waals surface area contributed by atoms with Crippen LogP contribution in [0.15, 0.2) is 0 Å². The molecule has 0 atom stereocenters. The van der Waals surface area contributed by atoms with Gasteiger partial charge in [0, 0.05) is 39.0 Å².